The van der Waals surface area contributed by atoms with Gasteiger partial charge in [0.2, 0.25) is 0 Å². The molecular weight excluding hydrogens is 224 g/mol. The van der Waals surface area contributed by atoms with Crippen molar-refractivity contribution in [2.75, 3.05) is 25.7 Å². The summed E-state index contributed by atoms with van der Waals surface area (Å²) in [5, 5.41) is 6.50. The van der Waals surface area contributed by atoms with E-state index in [1.807, 2.05) is 30.3 Å². The van der Waals surface area contributed by atoms with Gasteiger partial charge in [-0.05, 0) is 24.3 Å². The van der Waals surface area contributed by atoms with E-state index in [1.54, 1.807) is 0 Å². The number of fused-ring (bicyclic) bond motifs is 1. The molecule has 4 nitrogen and oxygen atoms in total. The van der Waals surface area contributed by atoms with Crippen LogP contribution in [0.4, 0.5) is 5.69 Å². The molecule has 0 amide bonds. The summed E-state index contributed by atoms with van der Waals surface area (Å²) in [4.78, 5) is 4.31. The van der Waals surface area contributed by atoms with Gasteiger partial charge in [-0.15, -0.1) is 0 Å². The van der Waals surface area contributed by atoms with Crippen LogP contribution in [0, 0.1) is 0 Å². The molecule has 0 saturated carbocycles. The minimum Gasteiger partial charge on any atom is -0.342 e. The number of allylic oxidation sites excluding steroid dienone is 2. The van der Waals surface area contributed by atoms with Crippen LogP contribution in [0.5, 0.6) is 0 Å². The maximum absolute atomic E-state index is 4.55. The van der Waals surface area contributed by atoms with Crippen LogP contribution in [0.2, 0.25) is 0 Å². The maximum Gasteiger partial charge on any atom is 0.178 e. The summed E-state index contributed by atoms with van der Waals surface area (Å²) < 4.78 is 0. The van der Waals surface area contributed by atoms with Crippen molar-refractivity contribution in [3.8, 4) is 0 Å². The summed E-state index contributed by atoms with van der Waals surface area (Å²) in [6, 6.07) is 10.3. The molecule has 0 atom stereocenters. The maximum atomic E-state index is 4.55. The number of hydrogen-bond acceptors (Lipinski definition) is 4. The molecule has 0 radical (unpaired) electrons. The Morgan fingerprint density at radius 3 is 2.78 bits per heavy atom. The second-order valence-corrected chi connectivity index (χ2v) is 4.48. The average molecular weight is 240 g/mol. The van der Waals surface area contributed by atoms with Crippen molar-refractivity contribution in [1.29, 1.82) is 0 Å². The lowest BCUT2D eigenvalue weighted by atomic mass is 10.2. The van der Waals surface area contributed by atoms with Crippen LogP contribution >= 0.6 is 0 Å². The molecule has 2 heterocycles. The summed E-state index contributed by atoms with van der Waals surface area (Å²) in [5.41, 5.74) is 2.28. The van der Waals surface area contributed by atoms with Crippen LogP contribution in [0.25, 0.3) is 0 Å². The normalized spacial score (nSPS) is 17.4. The smallest absolute Gasteiger partial charge is 0.178 e. The Bertz CT molecular complexity index is 530. The standard InChI is InChI=1S/C14H16N4/c1-16-11-18-10-6-9-13(14(18)15-16)17(2)12-7-4-3-5-8-12/h3-10H,11H2,1-2H3. The first-order valence-corrected chi connectivity index (χ1v) is 6.00. The van der Waals surface area contributed by atoms with Gasteiger partial charge in [0.1, 0.15) is 6.67 Å². The van der Waals surface area contributed by atoms with Crippen LogP contribution in [0.3, 0.4) is 0 Å². The van der Waals surface area contributed by atoms with Crippen LogP contribution in [0.1, 0.15) is 0 Å². The number of hydrazone groups is 1. The molecule has 0 saturated heterocycles. The van der Waals surface area contributed by atoms with E-state index in [-0.39, 0.29) is 0 Å². The third kappa shape index (κ3) is 1.76. The number of likely N-dealkylation sites (N-methyl/N-ethyl adjacent to an activating group) is 1. The molecule has 2 aliphatic heterocycles. The zero-order valence-electron chi connectivity index (χ0n) is 10.6. The second kappa shape index (κ2) is 4.22. The monoisotopic (exact) mass is 240 g/mol. The Balaban J connectivity index is 1.94. The van der Waals surface area contributed by atoms with Gasteiger partial charge in [-0.25, -0.2) is 0 Å². The first kappa shape index (κ1) is 10.9. The largest absolute Gasteiger partial charge is 0.342 e. The Kier molecular flexibility index (Phi) is 2.55. The highest BCUT2D eigenvalue weighted by atomic mass is 15.6. The van der Waals surface area contributed by atoms with Gasteiger partial charge in [0.25, 0.3) is 0 Å². The lowest BCUT2D eigenvalue weighted by Crippen LogP contribution is -2.33. The molecule has 0 fully saturated rings. The number of hydrogen-bond donors (Lipinski definition) is 0. The molecular formula is C14H16N4. The highest BCUT2D eigenvalue weighted by Crippen LogP contribution is 2.24. The van der Waals surface area contributed by atoms with Crippen molar-refractivity contribution in [3.05, 3.63) is 54.4 Å². The molecule has 3 rings (SSSR count). The number of anilines is 1. The van der Waals surface area contributed by atoms with Crippen molar-refractivity contribution in [2.45, 2.75) is 0 Å². The molecule has 18 heavy (non-hydrogen) atoms. The summed E-state index contributed by atoms with van der Waals surface area (Å²) in [6.07, 6.45) is 6.22. The van der Waals surface area contributed by atoms with Crippen molar-refractivity contribution < 1.29 is 0 Å². The lowest BCUT2D eigenvalue weighted by Gasteiger charge is -2.27. The predicted molar refractivity (Wildman–Crippen MR) is 74.0 cm³/mol. The molecule has 92 valence electrons. The third-order valence-electron chi connectivity index (χ3n) is 3.15. The van der Waals surface area contributed by atoms with Crippen molar-refractivity contribution in [1.82, 2.24) is 9.91 Å². The summed E-state index contributed by atoms with van der Waals surface area (Å²) in [7, 11) is 4.05. The molecule has 0 aliphatic carbocycles. The average Bonchev–Trinajstić information content (AvgIpc) is 2.79. The molecule has 0 unspecified atom stereocenters. The highest BCUT2D eigenvalue weighted by molar-refractivity contribution is 6.03. The number of amidine groups is 1. The Morgan fingerprint density at radius 2 is 2.00 bits per heavy atom. The zero-order valence-corrected chi connectivity index (χ0v) is 10.6. The Labute approximate surface area is 107 Å². The topological polar surface area (TPSA) is 22.1 Å². The fourth-order valence-electron chi connectivity index (χ4n) is 2.22. The molecule has 2 aliphatic rings. The molecule has 0 spiro atoms. The van der Waals surface area contributed by atoms with Gasteiger partial charge in [0, 0.05) is 26.0 Å². The van der Waals surface area contributed by atoms with E-state index in [0.29, 0.717) is 0 Å². The number of benzene rings is 1. The number of para-hydroxylation sites is 1. The van der Waals surface area contributed by atoms with Gasteiger partial charge in [-0.1, -0.05) is 18.2 Å². The minimum absolute atomic E-state index is 0.811. The van der Waals surface area contributed by atoms with E-state index in [1.165, 1.54) is 0 Å². The van der Waals surface area contributed by atoms with Crippen LogP contribution < -0.4 is 4.90 Å². The fourth-order valence-corrected chi connectivity index (χ4v) is 2.22. The van der Waals surface area contributed by atoms with E-state index in [2.05, 4.69) is 52.4 Å². The second-order valence-electron chi connectivity index (χ2n) is 4.48. The Morgan fingerprint density at radius 1 is 1.22 bits per heavy atom. The van der Waals surface area contributed by atoms with Gasteiger partial charge in [-0.3, -0.25) is 5.01 Å². The summed E-state index contributed by atoms with van der Waals surface area (Å²) >= 11 is 0. The van der Waals surface area contributed by atoms with Crippen LogP contribution in [-0.4, -0.2) is 36.5 Å². The first-order valence-electron chi connectivity index (χ1n) is 6.00. The van der Waals surface area contributed by atoms with Crippen LogP contribution in [0.15, 0.2) is 59.5 Å². The van der Waals surface area contributed by atoms with Gasteiger partial charge < -0.3 is 9.80 Å². The van der Waals surface area contributed by atoms with Gasteiger partial charge >= 0.3 is 0 Å². The quantitative estimate of drug-likeness (QED) is 0.790. The minimum atomic E-state index is 0.811. The van der Waals surface area contributed by atoms with Crippen LogP contribution in [-0.2, 0) is 0 Å². The first-order chi connectivity index (χ1) is 8.75. The van der Waals surface area contributed by atoms with E-state index in [9.17, 15) is 0 Å². The molecule has 4 heteroatoms. The third-order valence-corrected chi connectivity index (χ3v) is 3.15. The van der Waals surface area contributed by atoms with Gasteiger partial charge in [0.15, 0.2) is 5.84 Å². The SMILES string of the molecule is CN1CN2C=CC=C(N(C)c3ccccc3)C2=N1. The molecule has 0 bridgehead atoms. The van der Waals surface area contributed by atoms with Crippen molar-refractivity contribution in [3.63, 3.8) is 0 Å². The molecule has 0 N–H and O–H groups in total. The fraction of sp³-hybridized carbons (Fsp3) is 0.214. The van der Waals surface area contributed by atoms with E-state index in [0.717, 1.165) is 23.9 Å². The Hall–Kier alpha value is -2.23. The van der Waals surface area contributed by atoms with Gasteiger partial charge in [-0.2, -0.15) is 5.10 Å². The number of nitrogens with zero attached hydrogens (tertiary/aromatic N) is 4. The molecule has 0 aromatic heterocycles. The van der Waals surface area contributed by atoms with Crippen molar-refractivity contribution in [2.24, 2.45) is 5.10 Å². The van der Waals surface area contributed by atoms with E-state index >= 15 is 0 Å². The molecule has 1 aromatic rings. The predicted octanol–water partition coefficient (Wildman–Crippen LogP) is 2.05. The van der Waals surface area contributed by atoms with E-state index in [4.69, 9.17) is 0 Å². The zero-order chi connectivity index (χ0) is 12.5. The summed E-state index contributed by atoms with van der Waals surface area (Å²) in [6.45, 7) is 0.811. The highest BCUT2D eigenvalue weighted by Gasteiger charge is 2.26. The van der Waals surface area contributed by atoms with Gasteiger partial charge in [0.05, 0.1) is 5.70 Å². The molecule has 1 aromatic carbocycles. The van der Waals surface area contributed by atoms with E-state index < -0.39 is 0 Å². The summed E-state index contributed by atoms with van der Waals surface area (Å²) in [5.74, 6) is 1.01. The number of rotatable bonds is 2. The van der Waals surface area contributed by atoms with Crippen molar-refractivity contribution >= 4 is 11.5 Å². The lowest BCUT2D eigenvalue weighted by molar-refractivity contribution is 0.317.